The summed E-state index contributed by atoms with van der Waals surface area (Å²) in [6.07, 6.45) is 12.6. The van der Waals surface area contributed by atoms with E-state index >= 15 is 0 Å². The maximum absolute atomic E-state index is 6.10. The monoisotopic (exact) mass is 375 g/mol. The Morgan fingerprint density at radius 2 is 2.14 bits per heavy atom. The van der Waals surface area contributed by atoms with Crippen molar-refractivity contribution in [3.05, 3.63) is 72.3 Å². The number of fused-ring (bicyclic) bond motifs is 1. The molecule has 1 fully saturated rings. The highest BCUT2D eigenvalue weighted by Gasteiger charge is 2.24. The van der Waals surface area contributed by atoms with Gasteiger partial charge in [-0.15, -0.1) is 0 Å². The van der Waals surface area contributed by atoms with Crippen molar-refractivity contribution in [2.45, 2.75) is 19.6 Å². The minimum Gasteiger partial charge on any atom is -0.471 e. The second-order valence-corrected chi connectivity index (χ2v) is 7.11. The van der Waals surface area contributed by atoms with E-state index in [1.54, 1.807) is 29.5 Å². The van der Waals surface area contributed by atoms with Gasteiger partial charge in [0, 0.05) is 54.6 Å². The number of hydrogen-bond acceptors (Lipinski definition) is 6. The van der Waals surface area contributed by atoms with Gasteiger partial charge in [-0.25, -0.2) is 9.67 Å². The molecular weight excluding hydrogens is 354 g/mol. The standard InChI is InChI=1S/C21H21N5O2/c1-15-18(3-2-17-13-27-14-19(15)17)20-12-25(6-7-28-20)10-16-8-24-26(11-16)21-9-22-4-5-23-21/h2-5,8-9,11,13-14,20H,6-7,10,12H2,1H3/t20-/m0/s1. The maximum atomic E-state index is 6.10. The zero-order valence-electron chi connectivity index (χ0n) is 15.7. The summed E-state index contributed by atoms with van der Waals surface area (Å²) in [5, 5.41) is 6.70. The van der Waals surface area contributed by atoms with Gasteiger partial charge in [0.25, 0.3) is 0 Å². The second-order valence-electron chi connectivity index (χ2n) is 7.11. The Kier molecular flexibility index (Phi) is 4.38. The Morgan fingerprint density at radius 3 is 3.04 bits per heavy atom. The van der Waals surface area contributed by atoms with E-state index in [0.29, 0.717) is 6.61 Å². The maximum Gasteiger partial charge on any atom is 0.171 e. The fraction of sp³-hybridized carbons (Fsp3) is 0.286. The molecule has 0 bridgehead atoms. The summed E-state index contributed by atoms with van der Waals surface area (Å²) in [6.45, 7) is 5.43. The van der Waals surface area contributed by atoms with Crippen LogP contribution in [0.15, 0.2) is 60.1 Å². The Bertz CT molecular complexity index is 1090. The fourth-order valence-corrected chi connectivity index (χ4v) is 3.82. The highest BCUT2D eigenvalue weighted by molar-refractivity contribution is 5.85. The van der Waals surface area contributed by atoms with Crippen molar-refractivity contribution in [2.75, 3.05) is 19.7 Å². The van der Waals surface area contributed by atoms with Crippen LogP contribution in [-0.4, -0.2) is 44.3 Å². The summed E-state index contributed by atoms with van der Waals surface area (Å²) in [5.74, 6) is 0.720. The van der Waals surface area contributed by atoms with E-state index in [-0.39, 0.29) is 6.10 Å². The van der Waals surface area contributed by atoms with Crippen LogP contribution in [0.2, 0.25) is 0 Å². The Morgan fingerprint density at radius 1 is 1.18 bits per heavy atom. The number of nitrogens with zero attached hydrogens (tertiary/aromatic N) is 5. The molecule has 4 heterocycles. The molecule has 0 radical (unpaired) electrons. The zero-order valence-corrected chi connectivity index (χ0v) is 15.7. The molecule has 142 valence electrons. The van der Waals surface area contributed by atoms with Gasteiger partial charge in [0.15, 0.2) is 5.82 Å². The zero-order chi connectivity index (χ0) is 18.9. The lowest BCUT2D eigenvalue weighted by Crippen LogP contribution is -2.38. The highest BCUT2D eigenvalue weighted by atomic mass is 16.5. The first kappa shape index (κ1) is 17.1. The fourth-order valence-electron chi connectivity index (χ4n) is 3.82. The van der Waals surface area contributed by atoms with Gasteiger partial charge < -0.3 is 9.15 Å². The van der Waals surface area contributed by atoms with Gasteiger partial charge in [0.05, 0.1) is 37.6 Å². The van der Waals surface area contributed by atoms with Gasteiger partial charge in [0.2, 0.25) is 0 Å². The van der Waals surface area contributed by atoms with Crippen molar-refractivity contribution in [3.8, 4) is 5.82 Å². The molecule has 1 aromatic carbocycles. The normalized spacial score (nSPS) is 18.0. The summed E-state index contributed by atoms with van der Waals surface area (Å²) in [7, 11) is 0. The van der Waals surface area contributed by atoms with Gasteiger partial charge in [0.1, 0.15) is 0 Å². The molecule has 1 aliphatic rings. The van der Waals surface area contributed by atoms with Crippen LogP contribution in [-0.2, 0) is 11.3 Å². The lowest BCUT2D eigenvalue weighted by molar-refractivity contribution is -0.0331. The molecule has 1 saturated heterocycles. The predicted octanol–water partition coefficient (Wildman–Crippen LogP) is 3.29. The molecule has 28 heavy (non-hydrogen) atoms. The molecule has 7 heteroatoms. The van der Waals surface area contributed by atoms with E-state index in [9.17, 15) is 0 Å². The average molecular weight is 375 g/mol. The number of furan rings is 1. The first-order valence-corrected chi connectivity index (χ1v) is 9.37. The summed E-state index contributed by atoms with van der Waals surface area (Å²) in [4.78, 5) is 10.8. The minimum absolute atomic E-state index is 0.0584. The molecule has 0 aliphatic carbocycles. The summed E-state index contributed by atoms with van der Waals surface area (Å²) >= 11 is 0. The van der Waals surface area contributed by atoms with Gasteiger partial charge in [-0.05, 0) is 18.1 Å². The van der Waals surface area contributed by atoms with E-state index in [1.807, 2.05) is 18.7 Å². The van der Waals surface area contributed by atoms with Crippen LogP contribution < -0.4 is 0 Å². The lowest BCUT2D eigenvalue weighted by atomic mass is 9.98. The average Bonchev–Trinajstić information content (AvgIpc) is 3.39. The second kappa shape index (κ2) is 7.18. The third-order valence-electron chi connectivity index (χ3n) is 5.30. The predicted molar refractivity (Wildman–Crippen MR) is 104 cm³/mol. The molecule has 0 N–H and O–H groups in total. The molecule has 0 amide bonds. The number of rotatable bonds is 4. The van der Waals surface area contributed by atoms with Crippen molar-refractivity contribution in [2.24, 2.45) is 0 Å². The topological polar surface area (TPSA) is 69.2 Å². The van der Waals surface area contributed by atoms with E-state index in [1.165, 1.54) is 11.1 Å². The number of hydrogen-bond donors (Lipinski definition) is 0. The van der Waals surface area contributed by atoms with Gasteiger partial charge >= 0.3 is 0 Å². The Labute approximate surface area is 162 Å². The first-order chi connectivity index (χ1) is 13.8. The van der Waals surface area contributed by atoms with Crippen molar-refractivity contribution < 1.29 is 9.15 Å². The molecule has 0 unspecified atom stereocenters. The molecule has 3 aromatic heterocycles. The number of benzene rings is 1. The molecule has 4 aromatic rings. The number of aryl methyl sites for hydroxylation is 1. The van der Waals surface area contributed by atoms with Gasteiger partial charge in [-0.1, -0.05) is 12.1 Å². The Hall–Kier alpha value is -3.03. The van der Waals surface area contributed by atoms with Crippen molar-refractivity contribution >= 4 is 10.8 Å². The quantitative estimate of drug-likeness (QED) is 0.545. The van der Waals surface area contributed by atoms with Crippen LogP contribution in [0.25, 0.3) is 16.6 Å². The molecule has 0 spiro atoms. The molecule has 5 rings (SSSR count). The van der Waals surface area contributed by atoms with Gasteiger partial charge in [-0.3, -0.25) is 9.88 Å². The molecule has 1 atom stereocenters. The largest absolute Gasteiger partial charge is 0.471 e. The molecule has 0 saturated carbocycles. The molecule has 7 nitrogen and oxygen atoms in total. The third-order valence-corrected chi connectivity index (χ3v) is 5.30. The van der Waals surface area contributed by atoms with Crippen LogP contribution in [0, 0.1) is 6.92 Å². The van der Waals surface area contributed by atoms with Crippen molar-refractivity contribution in [1.29, 1.82) is 0 Å². The van der Waals surface area contributed by atoms with Crippen LogP contribution in [0.3, 0.4) is 0 Å². The van der Waals surface area contributed by atoms with Gasteiger partial charge in [-0.2, -0.15) is 5.10 Å². The van der Waals surface area contributed by atoms with Crippen LogP contribution in [0.5, 0.6) is 0 Å². The number of morpholine rings is 1. The molecule has 1 aliphatic heterocycles. The third kappa shape index (κ3) is 3.19. The van der Waals surface area contributed by atoms with E-state index in [0.717, 1.165) is 41.8 Å². The summed E-state index contributed by atoms with van der Waals surface area (Å²) in [6, 6.07) is 4.27. The molecular formula is C21H21N5O2. The summed E-state index contributed by atoms with van der Waals surface area (Å²) < 4.78 is 13.2. The van der Waals surface area contributed by atoms with E-state index < -0.39 is 0 Å². The van der Waals surface area contributed by atoms with Crippen molar-refractivity contribution in [3.63, 3.8) is 0 Å². The van der Waals surface area contributed by atoms with Crippen LogP contribution >= 0.6 is 0 Å². The Balaban J connectivity index is 1.32. The van der Waals surface area contributed by atoms with E-state index in [4.69, 9.17) is 9.15 Å². The van der Waals surface area contributed by atoms with Crippen LogP contribution in [0.4, 0.5) is 0 Å². The van der Waals surface area contributed by atoms with E-state index in [2.05, 4.69) is 39.0 Å². The minimum atomic E-state index is 0.0584. The number of ether oxygens (including phenoxy) is 1. The first-order valence-electron chi connectivity index (χ1n) is 9.37. The SMILES string of the molecule is Cc1c([C@@H]2CN(Cc3cnn(-c4cnccn4)c3)CCO2)ccc2cocc12. The number of aromatic nitrogens is 4. The van der Waals surface area contributed by atoms with Crippen molar-refractivity contribution in [1.82, 2.24) is 24.6 Å². The highest BCUT2D eigenvalue weighted by Crippen LogP contribution is 2.31. The summed E-state index contributed by atoms with van der Waals surface area (Å²) in [5.41, 5.74) is 3.61. The lowest BCUT2D eigenvalue weighted by Gasteiger charge is -2.33. The smallest absolute Gasteiger partial charge is 0.171 e. The van der Waals surface area contributed by atoms with Crippen LogP contribution in [0.1, 0.15) is 22.8 Å².